The Kier molecular flexibility index (Phi) is 5.83. The van der Waals surface area contributed by atoms with Crippen LogP contribution in [0.25, 0.3) is 21.7 Å². The van der Waals surface area contributed by atoms with Gasteiger partial charge in [-0.2, -0.15) is 0 Å². The van der Waals surface area contributed by atoms with Gasteiger partial charge in [-0.1, -0.05) is 29.4 Å². The zero-order valence-corrected chi connectivity index (χ0v) is 20.2. The van der Waals surface area contributed by atoms with Crippen molar-refractivity contribution in [3.05, 3.63) is 50.1 Å². The molecule has 0 unspecified atom stereocenters. The molecule has 166 valence electrons. The van der Waals surface area contributed by atoms with Gasteiger partial charge in [-0.05, 0) is 50.6 Å². The van der Waals surface area contributed by atoms with E-state index in [1.165, 1.54) is 4.88 Å². The fraction of sp³-hybridized carbons (Fsp3) is 0.364. The largest absolute Gasteiger partial charge is 0.301 e. The maximum Gasteiger partial charge on any atom is 0.268 e. The number of Topliss-reactive ketones (excluding diaryl/α,β-unsaturated/α-hetero) is 1. The van der Waals surface area contributed by atoms with Gasteiger partial charge in [-0.25, -0.2) is 8.97 Å². The number of thioether (sulfide) groups is 1. The van der Waals surface area contributed by atoms with Crippen LogP contribution in [0.4, 0.5) is 0 Å². The van der Waals surface area contributed by atoms with Gasteiger partial charge >= 0.3 is 0 Å². The van der Waals surface area contributed by atoms with Gasteiger partial charge in [0.25, 0.3) is 5.56 Å². The van der Waals surface area contributed by atoms with Crippen molar-refractivity contribution in [3.63, 3.8) is 0 Å². The number of benzene rings is 1. The minimum absolute atomic E-state index is 0.0858. The molecule has 0 saturated carbocycles. The summed E-state index contributed by atoms with van der Waals surface area (Å²) in [5, 5.41) is 10.9. The van der Waals surface area contributed by atoms with E-state index in [-0.39, 0.29) is 11.3 Å². The molecule has 0 aliphatic carbocycles. The SMILES string of the molecule is CC(=O)CCCSc1nnc2n(-c3cccc(Cl)c3)c(=O)c3c4c(sc3n12)CN(C)CC4. The first-order valence-corrected chi connectivity index (χ1v) is 12.6. The molecular weight excluding hydrogens is 466 g/mol. The summed E-state index contributed by atoms with van der Waals surface area (Å²) in [6.07, 6.45) is 2.16. The first kappa shape index (κ1) is 21.6. The van der Waals surface area contributed by atoms with Crippen molar-refractivity contribution in [3.8, 4) is 5.69 Å². The molecule has 1 aliphatic rings. The van der Waals surface area contributed by atoms with Crippen molar-refractivity contribution >= 4 is 56.5 Å². The van der Waals surface area contributed by atoms with Crippen LogP contribution in [0.1, 0.15) is 30.2 Å². The molecule has 32 heavy (non-hydrogen) atoms. The summed E-state index contributed by atoms with van der Waals surface area (Å²) in [7, 11) is 2.10. The number of fused-ring (bicyclic) bond motifs is 5. The number of carbonyl (C=O) groups excluding carboxylic acids is 1. The highest BCUT2D eigenvalue weighted by molar-refractivity contribution is 7.99. The lowest BCUT2D eigenvalue weighted by Crippen LogP contribution is -2.27. The summed E-state index contributed by atoms with van der Waals surface area (Å²) in [6, 6.07) is 7.25. The third-order valence-corrected chi connectivity index (χ3v) is 8.09. The van der Waals surface area contributed by atoms with Crippen LogP contribution in [0, 0.1) is 0 Å². The zero-order chi connectivity index (χ0) is 22.4. The number of aromatic nitrogens is 4. The van der Waals surface area contributed by atoms with E-state index in [0.717, 1.165) is 52.6 Å². The second kappa shape index (κ2) is 8.62. The lowest BCUT2D eigenvalue weighted by atomic mass is 10.1. The highest BCUT2D eigenvalue weighted by Crippen LogP contribution is 2.35. The first-order valence-electron chi connectivity index (χ1n) is 10.4. The molecule has 1 aliphatic heterocycles. The zero-order valence-electron chi connectivity index (χ0n) is 17.8. The molecule has 5 rings (SSSR count). The molecule has 0 bridgehead atoms. The number of likely N-dealkylation sites (N-methyl/N-ethyl adjacent to an activating group) is 1. The van der Waals surface area contributed by atoms with E-state index < -0.39 is 0 Å². The van der Waals surface area contributed by atoms with Gasteiger partial charge in [-0.3, -0.25) is 4.79 Å². The number of rotatable bonds is 6. The van der Waals surface area contributed by atoms with Gasteiger partial charge < -0.3 is 9.69 Å². The van der Waals surface area contributed by atoms with E-state index in [0.29, 0.717) is 22.9 Å². The van der Waals surface area contributed by atoms with Crippen LogP contribution in [-0.4, -0.2) is 49.2 Å². The molecule has 0 atom stereocenters. The molecule has 4 aromatic rings. The lowest BCUT2D eigenvalue weighted by Gasteiger charge is -2.21. The normalized spacial score (nSPS) is 14.3. The Balaban J connectivity index is 1.75. The van der Waals surface area contributed by atoms with Gasteiger partial charge in [0.1, 0.15) is 10.6 Å². The molecule has 3 aromatic heterocycles. The predicted molar refractivity (Wildman–Crippen MR) is 130 cm³/mol. The summed E-state index contributed by atoms with van der Waals surface area (Å²) in [5.74, 6) is 1.42. The van der Waals surface area contributed by atoms with Crippen molar-refractivity contribution in [1.82, 2.24) is 24.1 Å². The summed E-state index contributed by atoms with van der Waals surface area (Å²) in [6.45, 7) is 3.36. The van der Waals surface area contributed by atoms with E-state index in [2.05, 4.69) is 22.1 Å². The van der Waals surface area contributed by atoms with Crippen LogP contribution in [0.5, 0.6) is 0 Å². The lowest BCUT2D eigenvalue weighted by molar-refractivity contribution is -0.117. The van der Waals surface area contributed by atoms with Crippen molar-refractivity contribution in [2.75, 3.05) is 19.3 Å². The maximum absolute atomic E-state index is 13.8. The van der Waals surface area contributed by atoms with E-state index in [1.807, 2.05) is 16.5 Å². The molecule has 0 N–H and O–H groups in total. The second-order valence-electron chi connectivity index (χ2n) is 8.06. The van der Waals surface area contributed by atoms with Crippen LogP contribution >= 0.6 is 34.7 Å². The molecule has 0 spiro atoms. The van der Waals surface area contributed by atoms with Crippen molar-refractivity contribution in [2.45, 2.75) is 37.9 Å². The molecule has 0 amide bonds. The summed E-state index contributed by atoms with van der Waals surface area (Å²) < 4.78 is 3.62. The molecule has 0 fully saturated rings. The Bertz CT molecular complexity index is 1410. The van der Waals surface area contributed by atoms with E-state index in [4.69, 9.17) is 11.6 Å². The van der Waals surface area contributed by atoms with Crippen LogP contribution in [-0.2, 0) is 17.8 Å². The highest BCUT2D eigenvalue weighted by atomic mass is 35.5. The smallest absolute Gasteiger partial charge is 0.268 e. The van der Waals surface area contributed by atoms with Crippen LogP contribution in [0.2, 0.25) is 5.02 Å². The quantitative estimate of drug-likeness (QED) is 0.300. The Hall–Kier alpha value is -2.20. The Morgan fingerprint density at radius 2 is 2.16 bits per heavy atom. The molecule has 4 heterocycles. The Morgan fingerprint density at radius 1 is 1.31 bits per heavy atom. The van der Waals surface area contributed by atoms with Crippen molar-refractivity contribution in [1.29, 1.82) is 0 Å². The monoisotopic (exact) mass is 487 g/mol. The minimum atomic E-state index is -0.0858. The predicted octanol–water partition coefficient (Wildman–Crippen LogP) is 4.20. The highest BCUT2D eigenvalue weighted by Gasteiger charge is 2.26. The Morgan fingerprint density at radius 3 is 2.94 bits per heavy atom. The average molecular weight is 488 g/mol. The molecular formula is C22H22ClN5O2S2. The van der Waals surface area contributed by atoms with Crippen LogP contribution in [0.15, 0.2) is 34.2 Å². The van der Waals surface area contributed by atoms with Gasteiger partial charge in [0.05, 0.1) is 11.1 Å². The fourth-order valence-electron chi connectivity index (χ4n) is 4.11. The number of halogens is 1. The molecule has 0 radical (unpaired) electrons. The number of hydrogen-bond acceptors (Lipinski definition) is 7. The average Bonchev–Trinajstić information content (AvgIpc) is 3.32. The molecule has 0 saturated heterocycles. The minimum Gasteiger partial charge on any atom is -0.301 e. The third-order valence-electron chi connectivity index (χ3n) is 5.64. The third kappa shape index (κ3) is 3.77. The fourth-order valence-corrected chi connectivity index (χ4v) is 6.64. The van der Waals surface area contributed by atoms with Gasteiger partial charge in [0.2, 0.25) is 5.78 Å². The summed E-state index contributed by atoms with van der Waals surface area (Å²) >= 11 is 9.46. The second-order valence-corrected chi connectivity index (χ2v) is 10.6. The van der Waals surface area contributed by atoms with Crippen molar-refractivity contribution < 1.29 is 4.79 Å². The first-order chi connectivity index (χ1) is 15.4. The van der Waals surface area contributed by atoms with Gasteiger partial charge in [-0.15, -0.1) is 21.5 Å². The maximum atomic E-state index is 13.8. The topological polar surface area (TPSA) is 72.5 Å². The number of nitrogens with zero attached hydrogens (tertiary/aromatic N) is 5. The van der Waals surface area contributed by atoms with E-state index in [9.17, 15) is 9.59 Å². The van der Waals surface area contributed by atoms with E-state index >= 15 is 0 Å². The summed E-state index contributed by atoms with van der Waals surface area (Å²) in [5.41, 5.74) is 1.71. The van der Waals surface area contributed by atoms with Crippen LogP contribution in [0.3, 0.4) is 0 Å². The molecule has 1 aromatic carbocycles. The summed E-state index contributed by atoms with van der Waals surface area (Å²) in [4.78, 5) is 29.5. The van der Waals surface area contributed by atoms with Crippen LogP contribution < -0.4 is 5.56 Å². The van der Waals surface area contributed by atoms with Crippen molar-refractivity contribution in [2.24, 2.45) is 0 Å². The number of hydrogen-bond donors (Lipinski definition) is 0. The van der Waals surface area contributed by atoms with Gasteiger partial charge in [0, 0.05) is 35.2 Å². The molecule has 10 heteroatoms. The Labute approximate surface area is 198 Å². The van der Waals surface area contributed by atoms with Gasteiger partial charge in [0.15, 0.2) is 5.16 Å². The molecule has 7 nitrogen and oxygen atoms in total. The number of carbonyl (C=O) groups is 1. The number of ketones is 1. The number of thiophene rings is 1. The van der Waals surface area contributed by atoms with E-state index in [1.54, 1.807) is 46.7 Å². The standard InChI is InChI=1S/C22H22ClN5O2S2/c1-13(29)5-4-10-31-22-25-24-21-27(15-7-3-6-14(23)11-15)19(30)18-16-8-9-26(2)12-17(16)32-20(18)28(21)22/h3,6-7,11H,4-5,8-10,12H2,1-2H3.